The molecule has 0 aromatic carbocycles. The van der Waals surface area contributed by atoms with Gasteiger partial charge in [-0.2, -0.15) is 0 Å². The van der Waals surface area contributed by atoms with Crippen LogP contribution in [-0.4, -0.2) is 25.5 Å². The molecular weight excluding hydrogens is 204 g/mol. The van der Waals surface area contributed by atoms with Crippen LogP contribution in [0.1, 0.15) is 25.5 Å². The van der Waals surface area contributed by atoms with Gasteiger partial charge in [-0.25, -0.2) is 0 Å². The van der Waals surface area contributed by atoms with E-state index in [0.717, 1.165) is 31.8 Å². The Balaban J connectivity index is 1.99. The Bertz CT molecular complexity index is 283. The number of hydrogen-bond donors (Lipinski definition) is 2. The number of carbonyl (C=O) groups is 1. The van der Waals surface area contributed by atoms with E-state index in [0.29, 0.717) is 12.8 Å². The lowest BCUT2D eigenvalue weighted by Gasteiger charge is -2.04. The summed E-state index contributed by atoms with van der Waals surface area (Å²) >= 11 is 0. The molecule has 0 saturated heterocycles. The van der Waals surface area contributed by atoms with Crippen LogP contribution in [0.15, 0.2) is 22.8 Å². The van der Waals surface area contributed by atoms with E-state index in [1.807, 2.05) is 12.1 Å². The van der Waals surface area contributed by atoms with Crippen molar-refractivity contribution in [2.45, 2.75) is 26.2 Å². The molecule has 0 bridgehead atoms. The summed E-state index contributed by atoms with van der Waals surface area (Å²) in [6.07, 6.45) is 3.77. The third kappa shape index (κ3) is 5.56. The van der Waals surface area contributed by atoms with Crippen LogP contribution >= 0.6 is 0 Å². The second-order valence-corrected chi connectivity index (χ2v) is 3.64. The van der Waals surface area contributed by atoms with Gasteiger partial charge in [-0.1, -0.05) is 6.92 Å². The van der Waals surface area contributed by atoms with E-state index in [9.17, 15) is 4.79 Å². The van der Waals surface area contributed by atoms with Gasteiger partial charge in [0.05, 0.1) is 6.26 Å². The molecule has 0 fully saturated rings. The van der Waals surface area contributed by atoms with Gasteiger partial charge in [-0.15, -0.1) is 0 Å². The number of rotatable bonds is 8. The zero-order valence-corrected chi connectivity index (χ0v) is 9.79. The molecule has 0 atom stereocenters. The highest BCUT2D eigenvalue weighted by Crippen LogP contribution is 2.02. The normalized spacial score (nSPS) is 10.3. The van der Waals surface area contributed by atoms with Crippen molar-refractivity contribution < 1.29 is 9.21 Å². The monoisotopic (exact) mass is 224 g/mol. The summed E-state index contributed by atoms with van der Waals surface area (Å²) in [5.74, 6) is 0.954. The maximum atomic E-state index is 11.4. The molecule has 0 saturated carbocycles. The molecule has 0 unspecified atom stereocenters. The van der Waals surface area contributed by atoms with Gasteiger partial charge in [-0.05, 0) is 31.6 Å². The second kappa shape index (κ2) is 7.93. The molecule has 4 nitrogen and oxygen atoms in total. The van der Waals surface area contributed by atoms with Crippen LogP contribution in [0, 0.1) is 0 Å². The van der Waals surface area contributed by atoms with Crippen molar-refractivity contribution in [2.24, 2.45) is 0 Å². The van der Waals surface area contributed by atoms with E-state index in [1.165, 1.54) is 0 Å². The van der Waals surface area contributed by atoms with Crippen LogP contribution in [0.2, 0.25) is 0 Å². The standard InChI is InChI=1S/C12H20N2O2/c1-2-13-8-4-9-14-12(15)7-6-11-5-3-10-16-11/h3,5,10,13H,2,4,6-9H2,1H3,(H,14,15). The van der Waals surface area contributed by atoms with Gasteiger partial charge >= 0.3 is 0 Å². The molecule has 1 aromatic heterocycles. The average Bonchev–Trinajstić information content (AvgIpc) is 2.79. The van der Waals surface area contributed by atoms with Gasteiger partial charge in [-0.3, -0.25) is 4.79 Å². The number of furan rings is 1. The van der Waals surface area contributed by atoms with Crippen LogP contribution in [-0.2, 0) is 11.2 Å². The quantitative estimate of drug-likeness (QED) is 0.655. The van der Waals surface area contributed by atoms with Crippen molar-refractivity contribution in [3.05, 3.63) is 24.2 Å². The van der Waals surface area contributed by atoms with Gasteiger partial charge in [0.25, 0.3) is 0 Å². The Kier molecular flexibility index (Phi) is 6.33. The molecule has 1 aromatic rings. The van der Waals surface area contributed by atoms with Crippen molar-refractivity contribution in [3.63, 3.8) is 0 Å². The Morgan fingerprint density at radius 1 is 1.44 bits per heavy atom. The topological polar surface area (TPSA) is 54.3 Å². The number of nitrogens with one attached hydrogen (secondary N) is 2. The van der Waals surface area contributed by atoms with Gasteiger partial charge < -0.3 is 15.1 Å². The molecule has 16 heavy (non-hydrogen) atoms. The van der Waals surface area contributed by atoms with Crippen LogP contribution in [0.3, 0.4) is 0 Å². The molecule has 0 aliphatic heterocycles. The molecule has 0 radical (unpaired) electrons. The van der Waals surface area contributed by atoms with E-state index < -0.39 is 0 Å². The molecule has 1 rings (SSSR count). The predicted molar refractivity (Wildman–Crippen MR) is 63.2 cm³/mol. The number of carbonyl (C=O) groups excluding carboxylic acids is 1. The van der Waals surface area contributed by atoms with E-state index in [-0.39, 0.29) is 5.91 Å². The van der Waals surface area contributed by atoms with Crippen molar-refractivity contribution >= 4 is 5.91 Å². The first-order valence-electron chi connectivity index (χ1n) is 5.82. The minimum absolute atomic E-state index is 0.0906. The van der Waals surface area contributed by atoms with Crippen LogP contribution in [0.4, 0.5) is 0 Å². The van der Waals surface area contributed by atoms with Crippen molar-refractivity contribution in [1.29, 1.82) is 0 Å². The maximum absolute atomic E-state index is 11.4. The average molecular weight is 224 g/mol. The molecule has 2 N–H and O–H groups in total. The molecular formula is C12H20N2O2. The van der Waals surface area contributed by atoms with E-state index in [1.54, 1.807) is 6.26 Å². The van der Waals surface area contributed by atoms with Crippen molar-refractivity contribution in [1.82, 2.24) is 10.6 Å². The van der Waals surface area contributed by atoms with Crippen LogP contribution in [0.5, 0.6) is 0 Å². The van der Waals surface area contributed by atoms with Gasteiger partial charge in [0.2, 0.25) is 5.91 Å². The molecule has 1 heterocycles. The predicted octanol–water partition coefficient (Wildman–Crippen LogP) is 1.33. The van der Waals surface area contributed by atoms with Gasteiger partial charge in [0.1, 0.15) is 5.76 Å². The van der Waals surface area contributed by atoms with Crippen LogP contribution < -0.4 is 10.6 Å². The highest BCUT2D eigenvalue weighted by Gasteiger charge is 2.02. The van der Waals surface area contributed by atoms with Crippen molar-refractivity contribution in [3.8, 4) is 0 Å². The molecule has 4 heteroatoms. The molecule has 1 amide bonds. The summed E-state index contributed by atoms with van der Waals surface area (Å²) in [6.45, 7) is 4.74. The Morgan fingerprint density at radius 3 is 3.00 bits per heavy atom. The first-order valence-corrected chi connectivity index (χ1v) is 5.82. The number of aryl methyl sites for hydroxylation is 1. The minimum Gasteiger partial charge on any atom is -0.469 e. The molecule has 0 aliphatic rings. The largest absolute Gasteiger partial charge is 0.469 e. The lowest BCUT2D eigenvalue weighted by molar-refractivity contribution is -0.121. The fraction of sp³-hybridized carbons (Fsp3) is 0.583. The molecule has 0 spiro atoms. The van der Waals surface area contributed by atoms with Gasteiger partial charge in [0.15, 0.2) is 0 Å². The summed E-state index contributed by atoms with van der Waals surface area (Å²) in [5.41, 5.74) is 0. The second-order valence-electron chi connectivity index (χ2n) is 3.64. The SMILES string of the molecule is CCNCCCNC(=O)CCc1ccco1. The highest BCUT2D eigenvalue weighted by atomic mass is 16.3. The van der Waals surface area contributed by atoms with Crippen molar-refractivity contribution in [2.75, 3.05) is 19.6 Å². The third-order valence-corrected chi connectivity index (χ3v) is 2.28. The molecule has 90 valence electrons. The van der Waals surface area contributed by atoms with E-state index in [4.69, 9.17) is 4.42 Å². The van der Waals surface area contributed by atoms with E-state index in [2.05, 4.69) is 17.6 Å². The third-order valence-electron chi connectivity index (χ3n) is 2.28. The fourth-order valence-corrected chi connectivity index (χ4v) is 1.40. The summed E-state index contributed by atoms with van der Waals surface area (Å²) < 4.78 is 5.15. The number of amides is 1. The van der Waals surface area contributed by atoms with Gasteiger partial charge in [0, 0.05) is 19.4 Å². The molecule has 0 aliphatic carbocycles. The number of hydrogen-bond acceptors (Lipinski definition) is 3. The summed E-state index contributed by atoms with van der Waals surface area (Å²) in [6, 6.07) is 3.72. The highest BCUT2D eigenvalue weighted by molar-refractivity contribution is 5.75. The summed E-state index contributed by atoms with van der Waals surface area (Å²) in [4.78, 5) is 11.4. The Hall–Kier alpha value is -1.29. The Labute approximate surface area is 96.4 Å². The summed E-state index contributed by atoms with van der Waals surface area (Å²) in [7, 11) is 0. The fourth-order valence-electron chi connectivity index (χ4n) is 1.40. The smallest absolute Gasteiger partial charge is 0.220 e. The first kappa shape index (κ1) is 12.8. The Morgan fingerprint density at radius 2 is 2.31 bits per heavy atom. The first-order chi connectivity index (χ1) is 7.83. The van der Waals surface area contributed by atoms with Crippen LogP contribution in [0.25, 0.3) is 0 Å². The minimum atomic E-state index is 0.0906. The maximum Gasteiger partial charge on any atom is 0.220 e. The zero-order chi connectivity index (χ0) is 11.6. The lowest BCUT2D eigenvalue weighted by Crippen LogP contribution is -2.27. The van der Waals surface area contributed by atoms with E-state index >= 15 is 0 Å². The summed E-state index contributed by atoms with van der Waals surface area (Å²) in [5, 5.41) is 6.09. The lowest BCUT2D eigenvalue weighted by atomic mass is 10.2. The zero-order valence-electron chi connectivity index (χ0n) is 9.79.